The van der Waals surface area contributed by atoms with E-state index in [2.05, 4.69) is 19.9 Å². The Bertz CT molecular complexity index is 972. The molecule has 148 valence electrons. The third-order valence-electron chi connectivity index (χ3n) is 5.03. The van der Waals surface area contributed by atoms with Crippen LogP contribution >= 0.6 is 34.3 Å². The molecule has 28 heavy (non-hydrogen) atoms. The summed E-state index contributed by atoms with van der Waals surface area (Å²) in [7, 11) is 1.54. The van der Waals surface area contributed by atoms with Gasteiger partial charge in [0.05, 0.1) is 29.9 Å². The van der Waals surface area contributed by atoms with Crippen molar-refractivity contribution in [3.05, 3.63) is 49.6 Å². The third kappa shape index (κ3) is 3.81. The number of aromatic nitrogens is 3. The lowest BCUT2D eigenvalue weighted by Gasteiger charge is -2.32. The lowest BCUT2D eigenvalue weighted by molar-refractivity contribution is 0.0707. The van der Waals surface area contributed by atoms with Crippen molar-refractivity contribution in [2.75, 3.05) is 20.2 Å². The molecule has 3 aromatic rings. The summed E-state index contributed by atoms with van der Waals surface area (Å²) in [5, 5.41) is 4.95. The Kier molecular flexibility index (Phi) is 5.70. The van der Waals surface area contributed by atoms with Crippen molar-refractivity contribution in [2.24, 2.45) is 0 Å². The number of aryl methyl sites for hydroxylation is 1. The molecular formula is C19H21ClN4O2S2. The second-order valence-electron chi connectivity index (χ2n) is 6.79. The molecule has 1 aliphatic heterocycles. The van der Waals surface area contributed by atoms with Crippen LogP contribution in [0.5, 0.6) is 5.75 Å². The number of nitrogens with zero attached hydrogens (tertiary/aromatic N) is 4. The van der Waals surface area contributed by atoms with Crippen molar-refractivity contribution < 1.29 is 9.53 Å². The lowest BCUT2D eigenvalue weighted by atomic mass is 9.95. The largest absolute Gasteiger partial charge is 0.493 e. The van der Waals surface area contributed by atoms with Crippen LogP contribution in [0.25, 0.3) is 0 Å². The van der Waals surface area contributed by atoms with E-state index in [0.29, 0.717) is 34.7 Å². The van der Waals surface area contributed by atoms with Crippen LogP contribution in [0.2, 0.25) is 4.34 Å². The third-order valence-corrected chi connectivity index (χ3v) is 7.04. The molecule has 1 saturated heterocycles. The Morgan fingerprint density at radius 3 is 2.79 bits per heavy atom. The average molecular weight is 437 g/mol. The summed E-state index contributed by atoms with van der Waals surface area (Å²) in [5.41, 5.74) is 1.62. The van der Waals surface area contributed by atoms with Gasteiger partial charge >= 0.3 is 0 Å². The number of methoxy groups -OCH3 is 1. The standard InChI is InChI=1S/C19H21ClN4O2S2/c1-12-22-14(10-27-12)9-24-8-5-21-18(24)13-3-6-23(7-4-13)19(25)15-11-28-17(20)16(15)26-2/h5,8,10-11,13H,3-4,6-7,9H2,1-2H3. The van der Waals surface area contributed by atoms with Crippen molar-refractivity contribution >= 4 is 40.2 Å². The van der Waals surface area contributed by atoms with E-state index in [1.165, 1.54) is 11.3 Å². The molecule has 6 nitrogen and oxygen atoms in total. The fraction of sp³-hybridized carbons (Fsp3) is 0.421. The summed E-state index contributed by atoms with van der Waals surface area (Å²) in [6.07, 6.45) is 5.64. The smallest absolute Gasteiger partial charge is 0.258 e. The second kappa shape index (κ2) is 8.23. The molecule has 3 aromatic heterocycles. The zero-order valence-corrected chi connectivity index (χ0v) is 18.1. The number of piperidine rings is 1. The highest BCUT2D eigenvalue weighted by molar-refractivity contribution is 7.15. The maximum absolute atomic E-state index is 12.9. The number of hydrogen-bond donors (Lipinski definition) is 0. The SMILES string of the molecule is COc1c(C(=O)N2CCC(c3nccn3Cc3csc(C)n3)CC2)csc1Cl. The Labute approximate surface area is 176 Å². The van der Waals surface area contributed by atoms with E-state index in [1.54, 1.807) is 23.8 Å². The van der Waals surface area contributed by atoms with Gasteiger partial charge in [0, 0.05) is 42.2 Å². The number of thiophene rings is 1. The first-order chi connectivity index (χ1) is 13.6. The summed E-state index contributed by atoms with van der Waals surface area (Å²) < 4.78 is 7.99. The monoisotopic (exact) mass is 436 g/mol. The number of rotatable bonds is 5. The number of amides is 1. The maximum atomic E-state index is 12.9. The first-order valence-electron chi connectivity index (χ1n) is 9.09. The van der Waals surface area contributed by atoms with Gasteiger partial charge in [-0.2, -0.15) is 0 Å². The van der Waals surface area contributed by atoms with Crippen molar-refractivity contribution in [1.82, 2.24) is 19.4 Å². The zero-order valence-electron chi connectivity index (χ0n) is 15.7. The van der Waals surface area contributed by atoms with Crippen molar-refractivity contribution in [2.45, 2.75) is 32.2 Å². The van der Waals surface area contributed by atoms with Crippen molar-refractivity contribution in [1.29, 1.82) is 0 Å². The molecule has 0 bridgehead atoms. The minimum absolute atomic E-state index is 0.0141. The summed E-state index contributed by atoms with van der Waals surface area (Å²) in [6.45, 7) is 4.15. The van der Waals surface area contributed by atoms with Crippen LogP contribution in [0.1, 0.15) is 45.6 Å². The average Bonchev–Trinajstić information content (AvgIpc) is 3.42. The maximum Gasteiger partial charge on any atom is 0.258 e. The van der Waals surface area contributed by atoms with Crippen LogP contribution in [0.3, 0.4) is 0 Å². The number of thiazole rings is 1. The van der Waals surface area contributed by atoms with E-state index in [-0.39, 0.29) is 5.91 Å². The highest BCUT2D eigenvalue weighted by Crippen LogP contribution is 2.37. The number of halogens is 1. The van der Waals surface area contributed by atoms with Crippen LogP contribution < -0.4 is 4.74 Å². The minimum Gasteiger partial charge on any atom is -0.493 e. The molecular weight excluding hydrogens is 416 g/mol. The minimum atomic E-state index is -0.0141. The molecule has 0 spiro atoms. The second-order valence-corrected chi connectivity index (χ2v) is 9.34. The number of ether oxygens (including phenoxy) is 1. The zero-order chi connectivity index (χ0) is 19.7. The topological polar surface area (TPSA) is 60.2 Å². The van der Waals surface area contributed by atoms with Crippen molar-refractivity contribution in [3.8, 4) is 5.75 Å². The van der Waals surface area contributed by atoms with Crippen LogP contribution in [-0.4, -0.2) is 45.5 Å². The number of carbonyl (C=O) groups is 1. The summed E-state index contributed by atoms with van der Waals surface area (Å²) in [4.78, 5) is 23.9. The van der Waals surface area contributed by atoms with Gasteiger partial charge in [0.1, 0.15) is 10.2 Å². The molecule has 1 amide bonds. The number of imidazole rings is 1. The fourth-order valence-electron chi connectivity index (χ4n) is 3.64. The molecule has 0 N–H and O–H groups in total. The first-order valence-corrected chi connectivity index (χ1v) is 11.2. The van der Waals surface area contributed by atoms with Crippen LogP contribution in [0, 0.1) is 6.92 Å². The molecule has 0 saturated carbocycles. The van der Waals surface area contributed by atoms with Gasteiger partial charge < -0.3 is 14.2 Å². The summed E-state index contributed by atoms with van der Waals surface area (Å²) in [5.74, 6) is 1.88. The van der Waals surface area contributed by atoms with E-state index < -0.39 is 0 Å². The fourth-order valence-corrected chi connectivity index (χ4v) is 5.29. The van der Waals surface area contributed by atoms with Gasteiger partial charge in [-0.15, -0.1) is 22.7 Å². The van der Waals surface area contributed by atoms with Crippen molar-refractivity contribution in [3.63, 3.8) is 0 Å². The quantitative estimate of drug-likeness (QED) is 0.593. The van der Waals surface area contributed by atoms with Gasteiger partial charge in [0.15, 0.2) is 5.75 Å². The molecule has 1 fully saturated rings. The van der Waals surface area contributed by atoms with Crippen LogP contribution in [-0.2, 0) is 6.54 Å². The number of likely N-dealkylation sites (tertiary alicyclic amines) is 1. The van der Waals surface area contributed by atoms with E-state index >= 15 is 0 Å². The van der Waals surface area contributed by atoms with E-state index in [0.717, 1.165) is 35.9 Å². The Hall–Kier alpha value is -1.90. The van der Waals surface area contributed by atoms with Crippen LogP contribution in [0.4, 0.5) is 0 Å². The molecule has 0 atom stereocenters. The van der Waals surface area contributed by atoms with Gasteiger partial charge in [-0.25, -0.2) is 9.97 Å². The Balaban J connectivity index is 1.42. The van der Waals surface area contributed by atoms with Gasteiger partial charge in [0.2, 0.25) is 0 Å². The Morgan fingerprint density at radius 1 is 1.32 bits per heavy atom. The predicted molar refractivity (Wildman–Crippen MR) is 112 cm³/mol. The molecule has 9 heteroatoms. The predicted octanol–water partition coefficient (Wildman–Crippen LogP) is 4.44. The van der Waals surface area contributed by atoms with E-state index in [1.807, 2.05) is 24.2 Å². The van der Waals surface area contributed by atoms with Gasteiger partial charge in [-0.1, -0.05) is 11.6 Å². The molecule has 4 rings (SSSR count). The highest BCUT2D eigenvalue weighted by atomic mass is 35.5. The first kappa shape index (κ1) is 19.4. The number of hydrogen-bond acceptors (Lipinski definition) is 6. The normalized spacial score (nSPS) is 15.2. The van der Waals surface area contributed by atoms with Gasteiger partial charge in [-0.05, 0) is 19.8 Å². The van der Waals surface area contributed by atoms with Gasteiger partial charge in [-0.3, -0.25) is 4.79 Å². The lowest BCUT2D eigenvalue weighted by Crippen LogP contribution is -2.38. The number of carbonyl (C=O) groups excluding carboxylic acids is 1. The highest BCUT2D eigenvalue weighted by Gasteiger charge is 2.29. The molecule has 0 radical (unpaired) electrons. The molecule has 4 heterocycles. The summed E-state index contributed by atoms with van der Waals surface area (Å²) >= 11 is 9.10. The molecule has 0 aromatic carbocycles. The molecule has 0 aliphatic carbocycles. The summed E-state index contributed by atoms with van der Waals surface area (Å²) in [6, 6.07) is 0. The van der Waals surface area contributed by atoms with Crippen LogP contribution in [0.15, 0.2) is 23.2 Å². The molecule has 0 unspecified atom stereocenters. The van der Waals surface area contributed by atoms with E-state index in [9.17, 15) is 4.79 Å². The Morgan fingerprint density at radius 2 is 2.11 bits per heavy atom. The van der Waals surface area contributed by atoms with Gasteiger partial charge in [0.25, 0.3) is 5.91 Å². The molecule has 1 aliphatic rings. The van der Waals surface area contributed by atoms with E-state index in [4.69, 9.17) is 16.3 Å².